The topological polar surface area (TPSA) is 64.4 Å². The summed E-state index contributed by atoms with van der Waals surface area (Å²) in [5.41, 5.74) is 5.83. The number of nitrogens with two attached hydrogens (primary N) is 1. The van der Waals surface area contributed by atoms with Gasteiger partial charge in [0.25, 0.3) is 0 Å². The maximum absolute atomic E-state index is 12.1. The molecule has 0 bridgehead atoms. The average molecular weight is 281 g/mol. The third-order valence-electron chi connectivity index (χ3n) is 2.06. The first kappa shape index (κ1) is 16.6. The predicted molar refractivity (Wildman–Crippen MR) is 65.8 cm³/mol. The molecule has 0 saturated carbocycles. The summed E-state index contributed by atoms with van der Waals surface area (Å²) in [6.45, 7) is -1.25. The van der Waals surface area contributed by atoms with Gasteiger partial charge >= 0.3 is 6.61 Å². The van der Waals surface area contributed by atoms with Crippen LogP contribution in [0.4, 0.5) is 8.78 Å². The molecule has 0 aliphatic heterocycles. The van der Waals surface area contributed by atoms with Crippen LogP contribution in [0.15, 0.2) is 24.3 Å². The Kier molecular flexibility index (Phi) is 7.23. The minimum absolute atomic E-state index is 0. The maximum atomic E-state index is 12.1. The van der Waals surface area contributed by atoms with Gasteiger partial charge < -0.3 is 15.8 Å². The lowest BCUT2D eigenvalue weighted by atomic mass is 10.2. The largest absolute Gasteiger partial charge is 0.434 e. The van der Waals surface area contributed by atoms with Crippen molar-refractivity contribution < 1.29 is 18.3 Å². The van der Waals surface area contributed by atoms with Gasteiger partial charge in [-0.1, -0.05) is 18.2 Å². The normalized spacial score (nSPS) is 11.6. The standard InChI is InChI=1S/C11H14F2N2O2.ClH/c1-7(14)10(16)15-6-8-4-2-3-5-9(8)17-11(12)13;/h2-5,7,11H,6,14H2,1H3,(H,15,16);1H/t7-;/m1./s1. The number of hydrogen-bond donors (Lipinski definition) is 2. The molecule has 0 spiro atoms. The lowest BCUT2D eigenvalue weighted by Gasteiger charge is -2.12. The maximum Gasteiger partial charge on any atom is 0.387 e. The minimum Gasteiger partial charge on any atom is -0.434 e. The molecular formula is C11H15ClF2N2O2. The summed E-state index contributed by atoms with van der Waals surface area (Å²) in [4.78, 5) is 11.2. The second kappa shape index (κ2) is 7.84. The number of benzene rings is 1. The average Bonchev–Trinajstić information content (AvgIpc) is 2.26. The van der Waals surface area contributed by atoms with E-state index in [4.69, 9.17) is 5.73 Å². The monoisotopic (exact) mass is 280 g/mol. The Morgan fingerprint density at radius 1 is 1.44 bits per heavy atom. The van der Waals surface area contributed by atoms with Crippen LogP contribution < -0.4 is 15.8 Å². The molecule has 0 radical (unpaired) electrons. The first-order valence-electron chi connectivity index (χ1n) is 5.06. The quantitative estimate of drug-likeness (QED) is 0.862. The molecule has 0 aliphatic rings. The van der Waals surface area contributed by atoms with Gasteiger partial charge in [-0.05, 0) is 13.0 Å². The van der Waals surface area contributed by atoms with Gasteiger partial charge in [0, 0.05) is 12.1 Å². The van der Waals surface area contributed by atoms with Gasteiger partial charge in [-0.3, -0.25) is 4.79 Å². The predicted octanol–water partition coefficient (Wildman–Crippen LogP) is 1.67. The van der Waals surface area contributed by atoms with Gasteiger partial charge in [0.05, 0.1) is 6.04 Å². The van der Waals surface area contributed by atoms with Gasteiger partial charge in [0.2, 0.25) is 5.91 Å². The third-order valence-corrected chi connectivity index (χ3v) is 2.06. The Labute approximate surface area is 110 Å². The van der Waals surface area contributed by atoms with Crippen LogP contribution in [0.1, 0.15) is 12.5 Å². The summed E-state index contributed by atoms with van der Waals surface area (Å²) in [6.07, 6.45) is 0. The second-order valence-corrected chi connectivity index (χ2v) is 3.49. The number of amides is 1. The fraction of sp³-hybridized carbons (Fsp3) is 0.364. The van der Waals surface area contributed by atoms with Crippen LogP contribution in [-0.4, -0.2) is 18.6 Å². The van der Waals surface area contributed by atoms with Crippen molar-refractivity contribution in [1.29, 1.82) is 0 Å². The Morgan fingerprint density at radius 2 is 2.06 bits per heavy atom. The van der Waals surface area contributed by atoms with E-state index in [-0.39, 0.29) is 30.6 Å². The summed E-state index contributed by atoms with van der Waals surface area (Å²) in [7, 11) is 0. The Morgan fingerprint density at radius 3 is 2.61 bits per heavy atom. The SMILES string of the molecule is C[C@@H](N)C(=O)NCc1ccccc1OC(F)F.Cl. The Bertz CT molecular complexity index is 389. The summed E-state index contributed by atoms with van der Waals surface area (Å²) < 4.78 is 28.5. The lowest BCUT2D eigenvalue weighted by Crippen LogP contribution is -2.37. The van der Waals surface area contributed by atoms with Crippen molar-refractivity contribution >= 4 is 18.3 Å². The molecule has 0 aliphatic carbocycles. The molecule has 0 saturated heterocycles. The number of carbonyl (C=O) groups is 1. The smallest absolute Gasteiger partial charge is 0.387 e. The molecule has 0 unspecified atom stereocenters. The zero-order chi connectivity index (χ0) is 12.8. The number of rotatable bonds is 5. The van der Waals surface area contributed by atoms with E-state index in [2.05, 4.69) is 10.1 Å². The van der Waals surface area contributed by atoms with E-state index >= 15 is 0 Å². The molecular weight excluding hydrogens is 266 g/mol. The van der Waals surface area contributed by atoms with E-state index in [1.807, 2.05) is 0 Å². The molecule has 7 heteroatoms. The van der Waals surface area contributed by atoms with Gasteiger partial charge in [-0.2, -0.15) is 8.78 Å². The van der Waals surface area contributed by atoms with E-state index in [1.54, 1.807) is 18.2 Å². The van der Waals surface area contributed by atoms with Gasteiger partial charge in [0.15, 0.2) is 0 Å². The molecule has 102 valence electrons. The van der Waals surface area contributed by atoms with Gasteiger partial charge in [-0.15, -0.1) is 12.4 Å². The first-order valence-corrected chi connectivity index (χ1v) is 5.06. The van der Waals surface area contributed by atoms with Crippen molar-refractivity contribution in [3.05, 3.63) is 29.8 Å². The zero-order valence-electron chi connectivity index (χ0n) is 9.73. The van der Waals surface area contributed by atoms with Crippen LogP contribution >= 0.6 is 12.4 Å². The number of carbonyl (C=O) groups excluding carboxylic acids is 1. The molecule has 0 aromatic heterocycles. The number of ether oxygens (including phenoxy) is 1. The van der Waals surface area contributed by atoms with E-state index in [0.29, 0.717) is 5.56 Å². The molecule has 1 rings (SSSR count). The highest BCUT2D eigenvalue weighted by Crippen LogP contribution is 2.19. The summed E-state index contributed by atoms with van der Waals surface area (Å²) in [6, 6.07) is 5.62. The van der Waals surface area contributed by atoms with Crippen LogP contribution in [-0.2, 0) is 11.3 Å². The molecule has 1 atom stereocenters. The zero-order valence-corrected chi connectivity index (χ0v) is 10.5. The van der Waals surface area contributed by atoms with Crippen LogP contribution in [0.3, 0.4) is 0 Å². The Balaban J connectivity index is 0.00000289. The third kappa shape index (κ3) is 5.29. The molecule has 0 heterocycles. The molecule has 18 heavy (non-hydrogen) atoms. The van der Waals surface area contributed by atoms with E-state index in [9.17, 15) is 13.6 Å². The summed E-state index contributed by atoms with van der Waals surface area (Å²) in [5, 5.41) is 2.52. The molecule has 1 aromatic carbocycles. The number of nitrogens with one attached hydrogen (secondary N) is 1. The molecule has 0 fully saturated rings. The number of hydrogen-bond acceptors (Lipinski definition) is 3. The highest BCUT2D eigenvalue weighted by molar-refractivity contribution is 5.85. The van der Waals surface area contributed by atoms with Crippen LogP contribution in [0.2, 0.25) is 0 Å². The first-order chi connectivity index (χ1) is 8.00. The minimum atomic E-state index is -2.89. The van der Waals surface area contributed by atoms with Crippen molar-refractivity contribution in [3.63, 3.8) is 0 Å². The molecule has 1 amide bonds. The number of halogens is 3. The van der Waals surface area contributed by atoms with Gasteiger partial charge in [-0.25, -0.2) is 0 Å². The number of alkyl halides is 2. The lowest BCUT2D eigenvalue weighted by molar-refractivity contribution is -0.122. The fourth-order valence-electron chi connectivity index (χ4n) is 1.20. The van der Waals surface area contributed by atoms with Crippen molar-refractivity contribution in [3.8, 4) is 5.75 Å². The summed E-state index contributed by atoms with van der Waals surface area (Å²) in [5.74, 6) is -0.302. The number of para-hydroxylation sites is 1. The van der Waals surface area contributed by atoms with Crippen LogP contribution in [0.5, 0.6) is 5.75 Å². The van der Waals surface area contributed by atoms with Crippen LogP contribution in [0.25, 0.3) is 0 Å². The van der Waals surface area contributed by atoms with Gasteiger partial charge in [0.1, 0.15) is 5.75 Å². The second-order valence-electron chi connectivity index (χ2n) is 3.49. The van der Waals surface area contributed by atoms with E-state index < -0.39 is 12.7 Å². The van der Waals surface area contributed by atoms with E-state index in [1.165, 1.54) is 13.0 Å². The van der Waals surface area contributed by atoms with Crippen molar-refractivity contribution in [2.24, 2.45) is 5.73 Å². The molecule has 3 N–H and O–H groups in total. The summed E-state index contributed by atoms with van der Waals surface area (Å²) >= 11 is 0. The molecule has 4 nitrogen and oxygen atoms in total. The van der Waals surface area contributed by atoms with Crippen LogP contribution in [0, 0.1) is 0 Å². The highest BCUT2D eigenvalue weighted by atomic mass is 35.5. The van der Waals surface area contributed by atoms with E-state index in [0.717, 1.165) is 0 Å². The van der Waals surface area contributed by atoms with Crippen molar-refractivity contribution in [1.82, 2.24) is 5.32 Å². The fourth-order valence-corrected chi connectivity index (χ4v) is 1.20. The van der Waals surface area contributed by atoms with Crippen molar-refractivity contribution in [2.45, 2.75) is 26.1 Å². The Hall–Kier alpha value is -1.40. The highest BCUT2D eigenvalue weighted by Gasteiger charge is 2.11. The van der Waals surface area contributed by atoms with Crippen molar-refractivity contribution in [2.75, 3.05) is 0 Å². The molecule has 1 aromatic rings.